The van der Waals surface area contributed by atoms with Crippen molar-refractivity contribution >= 4 is 5.91 Å². The Morgan fingerprint density at radius 3 is 2.60 bits per heavy atom. The number of hydrogen-bond acceptors (Lipinski definition) is 3. The lowest BCUT2D eigenvalue weighted by Crippen LogP contribution is -2.53. The first kappa shape index (κ1) is 12.2. The number of hydrogen-bond donors (Lipinski definition) is 1. The van der Waals surface area contributed by atoms with E-state index in [2.05, 4.69) is 4.90 Å². The number of nitrogens with zero attached hydrogens (tertiary/aromatic N) is 1. The van der Waals surface area contributed by atoms with Gasteiger partial charge in [0.05, 0.1) is 0 Å². The summed E-state index contributed by atoms with van der Waals surface area (Å²) in [6.45, 7) is 0. The molecule has 3 atom stereocenters. The van der Waals surface area contributed by atoms with E-state index >= 15 is 0 Å². The van der Waals surface area contributed by atoms with Gasteiger partial charge in [0, 0.05) is 24.5 Å². The monoisotopic (exact) mass is 272 g/mol. The van der Waals surface area contributed by atoms with Crippen LogP contribution in [-0.4, -0.2) is 35.0 Å². The van der Waals surface area contributed by atoms with E-state index in [1.807, 2.05) is 24.3 Å². The number of fused-ring (bicyclic) bond motifs is 3. The van der Waals surface area contributed by atoms with Crippen LogP contribution in [0.25, 0.3) is 0 Å². The van der Waals surface area contributed by atoms with E-state index in [0.29, 0.717) is 18.5 Å². The zero-order valence-electron chi connectivity index (χ0n) is 11.5. The Hall–Kier alpha value is -1.55. The molecule has 0 radical (unpaired) electrons. The maximum Gasteiger partial charge on any atom is 0.264 e. The second kappa shape index (κ2) is 4.48. The van der Waals surface area contributed by atoms with Crippen LogP contribution in [0.4, 0.5) is 0 Å². The average Bonchev–Trinajstić information content (AvgIpc) is 2.98. The molecule has 4 heteroatoms. The number of nitrogens with two attached hydrogens (primary N) is 1. The van der Waals surface area contributed by atoms with Crippen molar-refractivity contribution in [2.45, 2.75) is 56.3 Å². The van der Waals surface area contributed by atoms with Gasteiger partial charge in [0.2, 0.25) is 0 Å². The van der Waals surface area contributed by atoms with E-state index in [0.717, 1.165) is 37.0 Å². The van der Waals surface area contributed by atoms with Crippen LogP contribution in [0.5, 0.6) is 5.75 Å². The van der Waals surface area contributed by atoms with Crippen LogP contribution in [0.1, 0.15) is 31.2 Å². The summed E-state index contributed by atoms with van der Waals surface area (Å²) in [6.07, 6.45) is 4.47. The summed E-state index contributed by atoms with van der Waals surface area (Å²) in [4.78, 5) is 14.9. The molecule has 4 nitrogen and oxygen atoms in total. The third-order valence-electron chi connectivity index (χ3n) is 4.95. The number of ether oxygens (including phenoxy) is 1. The Morgan fingerprint density at radius 1 is 1.20 bits per heavy atom. The third kappa shape index (κ3) is 1.82. The van der Waals surface area contributed by atoms with Gasteiger partial charge in [-0.2, -0.15) is 0 Å². The first-order chi connectivity index (χ1) is 9.72. The largest absolute Gasteiger partial charge is 0.480 e. The standard InChI is InChI=1S/C16H20N2O2/c17-11-8-12-5-6-13(9-11)18(12)16(19)15-7-10-3-1-2-4-14(10)20-15/h1-4,11-13,15H,5-9,17H2. The summed E-state index contributed by atoms with van der Waals surface area (Å²) in [5.41, 5.74) is 7.22. The summed E-state index contributed by atoms with van der Waals surface area (Å²) in [6, 6.07) is 8.88. The Balaban J connectivity index is 1.52. The highest BCUT2D eigenvalue weighted by molar-refractivity contribution is 5.83. The molecule has 1 amide bonds. The van der Waals surface area contributed by atoms with Crippen molar-refractivity contribution in [2.24, 2.45) is 5.73 Å². The van der Waals surface area contributed by atoms with Crippen LogP contribution in [0.2, 0.25) is 0 Å². The van der Waals surface area contributed by atoms with Crippen LogP contribution in [0.15, 0.2) is 24.3 Å². The molecule has 0 spiro atoms. The quantitative estimate of drug-likeness (QED) is 0.842. The van der Waals surface area contributed by atoms with Crippen LogP contribution in [0.3, 0.4) is 0 Å². The molecule has 2 bridgehead atoms. The molecular formula is C16H20N2O2. The van der Waals surface area contributed by atoms with Crippen molar-refractivity contribution in [3.63, 3.8) is 0 Å². The lowest BCUT2D eigenvalue weighted by atomic mass is 9.97. The Bertz CT molecular complexity index is 506. The number of benzene rings is 1. The minimum Gasteiger partial charge on any atom is -0.480 e. The van der Waals surface area contributed by atoms with E-state index < -0.39 is 0 Å². The van der Waals surface area contributed by atoms with E-state index in [-0.39, 0.29) is 18.1 Å². The minimum absolute atomic E-state index is 0.167. The zero-order valence-corrected chi connectivity index (χ0v) is 11.5. The van der Waals surface area contributed by atoms with Gasteiger partial charge in [0.25, 0.3) is 5.91 Å². The third-order valence-corrected chi connectivity index (χ3v) is 4.95. The van der Waals surface area contributed by atoms with E-state index in [4.69, 9.17) is 10.5 Å². The van der Waals surface area contributed by atoms with Gasteiger partial charge >= 0.3 is 0 Å². The fourth-order valence-corrected chi connectivity index (χ4v) is 4.07. The summed E-state index contributed by atoms with van der Waals surface area (Å²) in [5.74, 6) is 1.03. The second-order valence-electron chi connectivity index (χ2n) is 6.28. The normalized spacial score (nSPS) is 34.8. The molecule has 0 saturated carbocycles. The van der Waals surface area contributed by atoms with Crippen LogP contribution < -0.4 is 10.5 Å². The van der Waals surface area contributed by atoms with Gasteiger partial charge in [-0.25, -0.2) is 0 Å². The van der Waals surface area contributed by atoms with Crippen molar-refractivity contribution in [3.05, 3.63) is 29.8 Å². The molecule has 3 aliphatic heterocycles. The molecule has 2 N–H and O–H groups in total. The van der Waals surface area contributed by atoms with Crippen molar-refractivity contribution in [2.75, 3.05) is 0 Å². The number of piperidine rings is 1. The predicted octanol–water partition coefficient (Wildman–Crippen LogP) is 1.47. The first-order valence-electron chi connectivity index (χ1n) is 7.54. The predicted molar refractivity (Wildman–Crippen MR) is 75.4 cm³/mol. The fraction of sp³-hybridized carbons (Fsp3) is 0.562. The number of carbonyl (C=O) groups excluding carboxylic acids is 1. The molecule has 3 unspecified atom stereocenters. The molecule has 3 aliphatic rings. The molecule has 106 valence electrons. The maximum atomic E-state index is 12.8. The molecule has 4 rings (SSSR count). The summed E-state index contributed by atoms with van der Waals surface area (Å²) in [5, 5.41) is 0. The SMILES string of the molecule is NC1CC2CCC(C1)N2C(=O)C1Cc2ccccc2O1. The molecule has 2 saturated heterocycles. The lowest BCUT2D eigenvalue weighted by Gasteiger charge is -2.38. The molecule has 1 aromatic carbocycles. The Morgan fingerprint density at radius 2 is 1.90 bits per heavy atom. The average molecular weight is 272 g/mol. The molecule has 1 aromatic rings. The summed E-state index contributed by atoms with van der Waals surface area (Å²) < 4.78 is 5.85. The zero-order chi connectivity index (χ0) is 13.7. The van der Waals surface area contributed by atoms with Gasteiger partial charge in [-0.1, -0.05) is 18.2 Å². The van der Waals surface area contributed by atoms with E-state index in [9.17, 15) is 4.79 Å². The summed E-state index contributed by atoms with van der Waals surface area (Å²) in [7, 11) is 0. The van der Waals surface area contributed by atoms with Crippen molar-refractivity contribution < 1.29 is 9.53 Å². The minimum atomic E-state index is -0.329. The van der Waals surface area contributed by atoms with Gasteiger partial charge in [-0.3, -0.25) is 4.79 Å². The van der Waals surface area contributed by atoms with E-state index in [1.54, 1.807) is 0 Å². The van der Waals surface area contributed by atoms with Gasteiger partial charge in [0.15, 0.2) is 6.10 Å². The van der Waals surface area contributed by atoms with Gasteiger partial charge in [0.1, 0.15) is 5.75 Å². The Labute approximate surface area is 118 Å². The van der Waals surface area contributed by atoms with Crippen molar-refractivity contribution in [1.82, 2.24) is 4.90 Å². The number of rotatable bonds is 1. The first-order valence-corrected chi connectivity index (χ1v) is 7.54. The molecule has 3 heterocycles. The van der Waals surface area contributed by atoms with Crippen LogP contribution in [-0.2, 0) is 11.2 Å². The van der Waals surface area contributed by atoms with Gasteiger partial charge in [-0.05, 0) is 37.3 Å². The number of carbonyl (C=O) groups is 1. The van der Waals surface area contributed by atoms with Crippen molar-refractivity contribution in [1.29, 1.82) is 0 Å². The highest BCUT2D eigenvalue weighted by Gasteiger charge is 2.45. The van der Waals surface area contributed by atoms with Crippen LogP contribution in [0, 0.1) is 0 Å². The van der Waals surface area contributed by atoms with E-state index in [1.165, 1.54) is 0 Å². The molecule has 0 aliphatic carbocycles. The topological polar surface area (TPSA) is 55.6 Å². The maximum absolute atomic E-state index is 12.8. The molecule has 20 heavy (non-hydrogen) atoms. The lowest BCUT2D eigenvalue weighted by molar-refractivity contribution is -0.142. The number of amides is 1. The highest BCUT2D eigenvalue weighted by atomic mass is 16.5. The molecule has 2 fully saturated rings. The molecule has 0 aromatic heterocycles. The Kier molecular flexibility index (Phi) is 2.74. The fourth-order valence-electron chi connectivity index (χ4n) is 4.07. The molecular weight excluding hydrogens is 252 g/mol. The number of para-hydroxylation sites is 1. The second-order valence-corrected chi connectivity index (χ2v) is 6.28. The highest BCUT2D eigenvalue weighted by Crippen LogP contribution is 2.37. The smallest absolute Gasteiger partial charge is 0.264 e. The summed E-state index contributed by atoms with van der Waals surface area (Å²) >= 11 is 0. The van der Waals surface area contributed by atoms with Crippen LogP contribution >= 0.6 is 0 Å². The van der Waals surface area contributed by atoms with Gasteiger partial charge < -0.3 is 15.4 Å². The van der Waals surface area contributed by atoms with Gasteiger partial charge in [-0.15, -0.1) is 0 Å². The van der Waals surface area contributed by atoms with Crippen molar-refractivity contribution in [3.8, 4) is 5.75 Å².